The molecular weight excluding hydrogens is 371 g/mol. The van der Waals surface area contributed by atoms with Crippen LogP contribution in [0.25, 0.3) is 0 Å². The van der Waals surface area contributed by atoms with E-state index in [1.807, 2.05) is 4.72 Å². The van der Waals surface area contributed by atoms with Crippen molar-refractivity contribution in [3.63, 3.8) is 0 Å². The lowest BCUT2D eigenvalue weighted by Crippen LogP contribution is -2.32. The lowest BCUT2D eigenvalue weighted by atomic mass is 10.1. The first-order valence-corrected chi connectivity index (χ1v) is 9.41. The summed E-state index contributed by atoms with van der Waals surface area (Å²) in [5, 5.41) is -0.0483. The smallest absolute Gasteiger partial charge is 0.318 e. The SMILES string of the molecule is O=C(CCc1ccc(C(F)(F)F)cc1)NS(=O)(=O)c1cnc2n1CCC2. The molecule has 0 unspecified atom stereocenters. The summed E-state index contributed by atoms with van der Waals surface area (Å²) < 4.78 is 65.7. The summed E-state index contributed by atoms with van der Waals surface area (Å²) in [7, 11) is -4.02. The van der Waals surface area contributed by atoms with Gasteiger partial charge in [0.05, 0.1) is 11.8 Å². The topological polar surface area (TPSA) is 81.1 Å². The normalized spacial score (nSPS) is 14.3. The minimum Gasteiger partial charge on any atom is -0.318 e. The van der Waals surface area contributed by atoms with Gasteiger partial charge in [-0.2, -0.15) is 21.6 Å². The second kappa shape index (κ2) is 6.75. The van der Waals surface area contributed by atoms with Crippen molar-refractivity contribution in [3.8, 4) is 0 Å². The lowest BCUT2D eigenvalue weighted by Gasteiger charge is -2.09. The van der Waals surface area contributed by atoms with Crippen molar-refractivity contribution in [2.75, 3.05) is 0 Å². The summed E-state index contributed by atoms with van der Waals surface area (Å²) in [6, 6.07) is 4.40. The number of hydrogen-bond acceptors (Lipinski definition) is 4. The molecule has 140 valence electrons. The fourth-order valence-corrected chi connectivity index (χ4v) is 4.00. The van der Waals surface area contributed by atoms with Crippen LogP contribution in [-0.4, -0.2) is 23.9 Å². The largest absolute Gasteiger partial charge is 0.416 e. The quantitative estimate of drug-likeness (QED) is 0.854. The first-order valence-electron chi connectivity index (χ1n) is 7.93. The van der Waals surface area contributed by atoms with E-state index < -0.39 is 27.7 Å². The van der Waals surface area contributed by atoms with E-state index in [9.17, 15) is 26.4 Å². The standard InChI is InChI=1S/C16H16F3N3O3S/c17-16(18,19)12-6-3-11(4-7-12)5-8-14(23)21-26(24,25)15-10-20-13-2-1-9-22(13)15/h3-4,6-7,10H,1-2,5,8-9H2,(H,21,23). The molecule has 26 heavy (non-hydrogen) atoms. The van der Waals surface area contributed by atoms with Gasteiger partial charge in [-0.3, -0.25) is 4.79 Å². The fourth-order valence-electron chi connectivity index (χ4n) is 2.82. The summed E-state index contributed by atoms with van der Waals surface area (Å²) in [6.45, 7) is 0.533. The van der Waals surface area contributed by atoms with E-state index in [0.29, 0.717) is 24.4 Å². The van der Waals surface area contributed by atoms with Gasteiger partial charge < -0.3 is 4.57 Å². The molecule has 0 radical (unpaired) electrons. The fraction of sp³-hybridized carbons (Fsp3) is 0.375. The Morgan fingerprint density at radius 2 is 1.92 bits per heavy atom. The van der Waals surface area contributed by atoms with Gasteiger partial charge in [-0.15, -0.1) is 0 Å². The zero-order valence-electron chi connectivity index (χ0n) is 13.6. The van der Waals surface area contributed by atoms with E-state index in [-0.39, 0.29) is 17.9 Å². The predicted molar refractivity (Wildman–Crippen MR) is 85.6 cm³/mol. The molecule has 0 saturated carbocycles. The number of fused-ring (bicyclic) bond motifs is 1. The number of aromatic nitrogens is 2. The van der Waals surface area contributed by atoms with Crippen LogP contribution in [-0.2, 0) is 40.4 Å². The maximum Gasteiger partial charge on any atom is 0.416 e. The molecule has 0 spiro atoms. The van der Waals surface area contributed by atoms with Crippen molar-refractivity contribution in [2.45, 2.75) is 43.4 Å². The third kappa shape index (κ3) is 3.90. The number of nitrogens with one attached hydrogen (secondary N) is 1. The molecule has 0 saturated heterocycles. The second-order valence-electron chi connectivity index (χ2n) is 5.99. The van der Waals surface area contributed by atoms with Gasteiger partial charge in [0.25, 0.3) is 10.0 Å². The summed E-state index contributed by atoms with van der Waals surface area (Å²) >= 11 is 0. The van der Waals surface area contributed by atoms with Crippen molar-refractivity contribution in [3.05, 3.63) is 47.4 Å². The zero-order chi connectivity index (χ0) is 18.9. The Kier molecular flexibility index (Phi) is 4.78. The minimum absolute atomic E-state index is 0.0483. The van der Waals surface area contributed by atoms with Crippen LogP contribution in [0, 0.1) is 0 Å². The molecule has 1 aliphatic rings. The Balaban J connectivity index is 1.60. The van der Waals surface area contributed by atoms with Crippen molar-refractivity contribution < 1.29 is 26.4 Å². The number of carbonyl (C=O) groups is 1. The van der Waals surface area contributed by atoms with E-state index >= 15 is 0 Å². The van der Waals surface area contributed by atoms with Crippen LogP contribution >= 0.6 is 0 Å². The van der Waals surface area contributed by atoms with Gasteiger partial charge in [0.2, 0.25) is 5.91 Å². The van der Waals surface area contributed by atoms with Crippen LogP contribution in [0.5, 0.6) is 0 Å². The lowest BCUT2D eigenvalue weighted by molar-refractivity contribution is -0.137. The number of alkyl halides is 3. The van der Waals surface area contributed by atoms with Crippen molar-refractivity contribution in [2.24, 2.45) is 0 Å². The van der Waals surface area contributed by atoms with Crippen LogP contribution in [0.2, 0.25) is 0 Å². The van der Waals surface area contributed by atoms with Crippen molar-refractivity contribution >= 4 is 15.9 Å². The predicted octanol–water partition coefficient (Wildman–Crippen LogP) is 2.29. The summed E-state index contributed by atoms with van der Waals surface area (Å²) in [5.74, 6) is -0.0546. The first kappa shape index (κ1) is 18.4. The Morgan fingerprint density at radius 1 is 1.23 bits per heavy atom. The van der Waals surface area contributed by atoms with Crippen molar-refractivity contribution in [1.82, 2.24) is 14.3 Å². The van der Waals surface area contributed by atoms with Crippen LogP contribution < -0.4 is 4.72 Å². The molecule has 1 amide bonds. The monoisotopic (exact) mass is 387 g/mol. The number of amides is 1. The highest BCUT2D eigenvalue weighted by atomic mass is 32.2. The Bertz CT molecular complexity index is 918. The van der Waals surface area contributed by atoms with Gasteiger partial charge in [0.1, 0.15) is 5.82 Å². The molecule has 2 aromatic rings. The zero-order valence-corrected chi connectivity index (χ0v) is 14.4. The maximum atomic E-state index is 12.5. The Labute approximate surface area is 148 Å². The van der Waals surface area contributed by atoms with Crippen LogP contribution in [0.15, 0.2) is 35.5 Å². The average Bonchev–Trinajstić information content (AvgIpc) is 3.15. The number of halogens is 3. The molecule has 3 rings (SSSR count). The molecular formula is C16H16F3N3O3S. The highest BCUT2D eigenvalue weighted by Gasteiger charge is 2.30. The molecule has 0 bridgehead atoms. The molecule has 6 nitrogen and oxygen atoms in total. The third-order valence-electron chi connectivity index (χ3n) is 4.13. The summed E-state index contributed by atoms with van der Waals surface area (Å²) in [4.78, 5) is 16.0. The van der Waals surface area contributed by atoms with Gasteiger partial charge >= 0.3 is 6.18 Å². The number of carbonyl (C=O) groups excluding carboxylic acids is 1. The van der Waals surface area contributed by atoms with Gasteiger partial charge in [0.15, 0.2) is 5.03 Å². The Morgan fingerprint density at radius 3 is 2.58 bits per heavy atom. The minimum atomic E-state index is -4.42. The summed E-state index contributed by atoms with van der Waals surface area (Å²) in [6.07, 6.45) is -1.74. The van der Waals surface area contributed by atoms with Crippen LogP contribution in [0.1, 0.15) is 29.8 Å². The number of hydrogen-bond donors (Lipinski definition) is 1. The molecule has 1 N–H and O–H groups in total. The van der Waals surface area contributed by atoms with Gasteiger partial charge in [-0.25, -0.2) is 9.71 Å². The molecule has 1 aliphatic heterocycles. The van der Waals surface area contributed by atoms with E-state index in [0.717, 1.165) is 18.6 Å². The van der Waals surface area contributed by atoms with E-state index in [1.165, 1.54) is 18.3 Å². The highest BCUT2D eigenvalue weighted by Crippen LogP contribution is 2.29. The summed E-state index contributed by atoms with van der Waals surface area (Å²) in [5.41, 5.74) is -0.265. The highest BCUT2D eigenvalue weighted by molar-refractivity contribution is 7.90. The molecule has 1 aromatic heterocycles. The molecule has 1 aromatic carbocycles. The molecule has 2 heterocycles. The number of nitrogens with zero attached hydrogens (tertiary/aromatic N) is 2. The maximum absolute atomic E-state index is 12.5. The van der Waals surface area contributed by atoms with Gasteiger partial charge in [-0.1, -0.05) is 12.1 Å². The van der Waals surface area contributed by atoms with Gasteiger partial charge in [-0.05, 0) is 30.5 Å². The van der Waals surface area contributed by atoms with Crippen molar-refractivity contribution in [1.29, 1.82) is 0 Å². The number of aryl methyl sites for hydroxylation is 2. The van der Waals surface area contributed by atoms with Gasteiger partial charge in [0, 0.05) is 19.4 Å². The number of rotatable bonds is 5. The molecule has 0 aliphatic carbocycles. The second-order valence-corrected chi connectivity index (χ2v) is 7.62. The van der Waals surface area contributed by atoms with E-state index in [2.05, 4.69) is 4.98 Å². The average molecular weight is 387 g/mol. The molecule has 0 atom stereocenters. The number of benzene rings is 1. The molecule has 0 fully saturated rings. The third-order valence-corrected chi connectivity index (χ3v) is 5.50. The molecule has 10 heteroatoms. The van der Waals surface area contributed by atoms with Crippen LogP contribution in [0.3, 0.4) is 0 Å². The van der Waals surface area contributed by atoms with Crippen LogP contribution in [0.4, 0.5) is 13.2 Å². The number of sulfonamides is 1. The first-order chi connectivity index (χ1) is 12.2. The Hall–Kier alpha value is -2.36. The van der Waals surface area contributed by atoms with E-state index in [1.54, 1.807) is 4.57 Å². The number of imidazole rings is 1. The van der Waals surface area contributed by atoms with E-state index in [4.69, 9.17) is 0 Å².